The van der Waals surface area contributed by atoms with Gasteiger partial charge in [-0.25, -0.2) is 0 Å². The molecule has 5 heteroatoms. The molecule has 0 radical (unpaired) electrons. The summed E-state index contributed by atoms with van der Waals surface area (Å²) in [6.45, 7) is 0.0903. The van der Waals surface area contributed by atoms with Crippen molar-refractivity contribution in [1.29, 1.82) is 0 Å². The van der Waals surface area contributed by atoms with E-state index in [1.165, 1.54) is 11.8 Å². The number of hydrogen-bond donors (Lipinski definition) is 2. The third-order valence-electron chi connectivity index (χ3n) is 3.07. The number of benzene rings is 2. The molecule has 0 bridgehead atoms. The molecule has 0 saturated carbocycles. The van der Waals surface area contributed by atoms with E-state index in [9.17, 15) is 9.59 Å². The highest BCUT2D eigenvalue weighted by atomic mass is 32.2. The molecule has 0 spiro atoms. The molecule has 1 aliphatic rings. The number of carbonyl (C=O) groups is 2. The fraction of sp³-hybridized carbons (Fsp3) is 0.143. The maximum absolute atomic E-state index is 11.8. The lowest BCUT2D eigenvalue weighted by atomic mass is 9.95. The monoisotopic (exact) mass is 273 g/mol. The van der Waals surface area contributed by atoms with E-state index >= 15 is 0 Å². The van der Waals surface area contributed by atoms with Gasteiger partial charge in [-0.05, 0) is 23.6 Å². The van der Waals surface area contributed by atoms with Gasteiger partial charge in [0, 0.05) is 27.2 Å². The first-order valence-corrected chi connectivity index (χ1v) is 6.86. The summed E-state index contributed by atoms with van der Waals surface area (Å²) in [4.78, 5) is 24.6. The van der Waals surface area contributed by atoms with Gasteiger partial charge in [-0.15, -0.1) is 11.8 Å². The number of imide groups is 1. The topological polar surface area (TPSA) is 66.4 Å². The second-order valence-corrected chi connectivity index (χ2v) is 5.33. The van der Waals surface area contributed by atoms with Crippen LogP contribution < -0.4 is 5.32 Å². The predicted molar refractivity (Wildman–Crippen MR) is 73.6 cm³/mol. The number of carbonyl (C=O) groups excluding carboxylic acids is 2. The molecule has 0 fully saturated rings. The molecule has 96 valence electrons. The van der Waals surface area contributed by atoms with Crippen LogP contribution in [0.4, 0.5) is 0 Å². The molecule has 0 saturated heterocycles. The Morgan fingerprint density at radius 3 is 2.53 bits per heavy atom. The highest BCUT2D eigenvalue weighted by Gasteiger charge is 2.25. The number of hydrogen-bond acceptors (Lipinski definition) is 4. The van der Waals surface area contributed by atoms with E-state index in [1.807, 2.05) is 12.1 Å². The summed E-state index contributed by atoms with van der Waals surface area (Å²) in [5.41, 5.74) is 1.05. The van der Waals surface area contributed by atoms with E-state index in [4.69, 9.17) is 5.11 Å². The van der Waals surface area contributed by atoms with Crippen molar-refractivity contribution in [1.82, 2.24) is 5.32 Å². The van der Waals surface area contributed by atoms with E-state index in [2.05, 4.69) is 5.32 Å². The maximum Gasteiger partial charge on any atom is 0.258 e. The molecular weight excluding hydrogens is 262 g/mol. The molecule has 0 aromatic heterocycles. The minimum absolute atomic E-state index is 0.0903. The molecular formula is C14H11NO3S. The zero-order chi connectivity index (χ0) is 13.4. The Labute approximate surface area is 113 Å². The Morgan fingerprint density at radius 2 is 1.79 bits per heavy atom. The van der Waals surface area contributed by atoms with Crippen LogP contribution in [0.2, 0.25) is 0 Å². The van der Waals surface area contributed by atoms with E-state index in [0.29, 0.717) is 22.3 Å². The van der Waals surface area contributed by atoms with Crippen molar-refractivity contribution < 1.29 is 14.7 Å². The van der Waals surface area contributed by atoms with Crippen LogP contribution in [0.3, 0.4) is 0 Å². The van der Waals surface area contributed by atoms with Crippen LogP contribution in [0.25, 0.3) is 10.8 Å². The zero-order valence-corrected chi connectivity index (χ0v) is 10.8. The van der Waals surface area contributed by atoms with E-state index in [-0.39, 0.29) is 18.4 Å². The van der Waals surface area contributed by atoms with Crippen molar-refractivity contribution in [2.75, 3.05) is 12.4 Å². The molecule has 4 nitrogen and oxygen atoms in total. The van der Waals surface area contributed by atoms with Crippen LogP contribution in [-0.4, -0.2) is 29.3 Å². The van der Waals surface area contributed by atoms with Gasteiger partial charge in [0.1, 0.15) is 0 Å². The van der Waals surface area contributed by atoms with Crippen LogP contribution in [0.15, 0.2) is 35.2 Å². The Morgan fingerprint density at radius 1 is 1.05 bits per heavy atom. The Bertz CT molecular complexity index is 676. The minimum atomic E-state index is -0.354. The molecule has 3 rings (SSSR count). The number of aliphatic hydroxyl groups excluding tert-OH is 1. The quantitative estimate of drug-likeness (QED) is 0.661. The minimum Gasteiger partial charge on any atom is -0.396 e. The smallest absolute Gasteiger partial charge is 0.258 e. The average Bonchev–Trinajstić information content (AvgIpc) is 2.42. The highest BCUT2D eigenvalue weighted by Crippen LogP contribution is 2.33. The summed E-state index contributed by atoms with van der Waals surface area (Å²) in [5, 5.41) is 12.8. The van der Waals surface area contributed by atoms with Crippen LogP contribution >= 0.6 is 11.8 Å². The number of amides is 2. The van der Waals surface area contributed by atoms with Crippen molar-refractivity contribution in [2.24, 2.45) is 0 Å². The summed E-state index contributed by atoms with van der Waals surface area (Å²) in [5.74, 6) is -0.126. The van der Waals surface area contributed by atoms with Crippen molar-refractivity contribution in [3.63, 3.8) is 0 Å². The van der Waals surface area contributed by atoms with Crippen molar-refractivity contribution in [3.05, 3.63) is 41.5 Å². The molecule has 0 aliphatic carbocycles. The zero-order valence-electron chi connectivity index (χ0n) is 9.97. The average molecular weight is 273 g/mol. The first kappa shape index (κ1) is 12.2. The van der Waals surface area contributed by atoms with Gasteiger partial charge in [-0.2, -0.15) is 0 Å². The van der Waals surface area contributed by atoms with Gasteiger partial charge in [-0.1, -0.05) is 12.1 Å². The van der Waals surface area contributed by atoms with Gasteiger partial charge < -0.3 is 5.11 Å². The lowest BCUT2D eigenvalue weighted by Crippen LogP contribution is -2.34. The molecule has 2 aromatic carbocycles. The Kier molecular flexibility index (Phi) is 3.00. The first-order chi connectivity index (χ1) is 9.22. The summed E-state index contributed by atoms with van der Waals surface area (Å²) in [6, 6.07) is 9.01. The van der Waals surface area contributed by atoms with Crippen LogP contribution in [0.5, 0.6) is 0 Å². The molecule has 1 heterocycles. The number of thioether (sulfide) groups is 1. The van der Waals surface area contributed by atoms with Gasteiger partial charge in [0.15, 0.2) is 0 Å². The second kappa shape index (κ2) is 4.68. The Hall–Kier alpha value is -1.85. The van der Waals surface area contributed by atoms with Gasteiger partial charge >= 0.3 is 0 Å². The van der Waals surface area contributed by atoms with Gasteiger partial charge in [-0.3, -0.25) is 14.9 Å². The van der Waals surface area contributed by atoms with Crippen molar-refractivity contribution >= 4 is 34.3 Å². The lowest BCUT2D eigenvalue weighted by molar-refractivity contribution is 0.0845. The molecule has 0 unspecified atom stereocenters. The first-order valence-electron chi connectivity index (χ1n) is 5.87. The summed E-state index contributed by atoms with van der Waals surface area (Å²) in [7, 11) is 0. The second-order valence-electron chi connectivity index (χ2n) is 4.19. The summed E-state index contributed by atoms with van der Waals surface area (Å²) >= 11 is 1.51. The predicted octanol–water partition coefficient (Wildman–Crippen LogP) is 1.81. The lowest BCUT2D eigenvalue weighted by Gasteiger charge is -2.18. The fourth-order valence-electron chi connectivity index (χ4n) is 2.28. The Balaban J connectivity index is 2.29. The van der Waals surface area contributed by atoms with Crippen molar-refractivity contribution in [3.8, 4) is 0 Å². The van der Waals surface area contributed by atoms with E-state index in [1.54, 1.807) is 18.2 Å². The molecule has 2 aromatic rings. The molecule has 2 N–H and O–H groups in total. The van der Waals surface area contributed by atoms with E-state index < -0.39 is 0 Å². The molecule has 0 atom stereocenters. The number of nitrogens with one attached hydrogen (secondary N) is 1. The largest absolute Gasteiger partial charge is 0.396 e. The van der Waals surface area contributed by atoms with Crippen LogP contribution in [0, 0.1) is 0 Å². The SMILES string of the molecule is O=C1NC(=O)c2ccc(SCCO)c3cccc1c23. The van der Waals surface area contributed by atoms with Gasteiger partial charge in [0.05, 0.1) is 6.61 Å². The van der Waals surface area contributed by atoms with E-state index in [0.717, 1.165) is 10.3 Å². The maximum atomic E-state index is 11.8. The van der Waals surface area contributed by atoms with Gasteiger partial charge in [0.2, 0.25) is 0 Å². The molecule has 19 heavy (non-hydrogen) atoms. The van der Waals surface area contributed by atoms with Gasteiger partial charge in [0.25, 0.3) is 11.8 Å². The third kappa shape index (κ3) is 1.91. The number of aliphatic hydroxyl groups is 1. The molecule has 1 aliphatic heterocycles. The summed E-state index contributed by atoms with van der Waals surface area (Å²) in [6.07, 6.45) is 0. The summed E-state index contributed by atoms with van der Waals surface area (Å²) < 4.78 is 0. The molecule has 2 amide bonds. The van der Waals surface area contributed by atoms with Crippen LogP contribution in [-0.2, 0) is 0 Å². The standard InChI is InChI=1S/C14H11NO3S/c16-6-7-19-11-5-4-10-12-8(11)2-1-3-9(12)13(17)15-14(10)18/h1-5,16H,6-7H2,(H,15,17,18). The van der Waals surface area contributed by atoms with Crippen molar-refractivity contribution in [2.45, 2.75) is 4.90 Å². The number of rotatable bonds is 3. The normalized spacial score (nSPS) is 13.7. The fourth-order valence-corrected chi connectivity index (χ4v) is 3.08. The highest BCUT2D eigenvalue weighted by molar-refractivity contribution is 7.99. The van der Waals surface area contributed by atoms with Crippen LogP contribution in [0.1, 0.15) is 20.7 Å². The third-order valence-corrected chi connectivity index (χ3v) is 4.12.